The van der Waals surface area contributed by atoms with Crippen LogP contribution in [0.4, 0.5) is 0 Å². The highest BCUT2D eigenvalue weighted by Crippen LogP contribution is 2.19. The molecular weight excluding hydrogens is 384 g/mol. The van der Waals surface area contributed by atoms with Crippen molar-refractivity contribution in [2.45, 2.75) is 154 Å². The molecule has 0 fully saturated rings. The van der Waals surface area contributed by atoms with Crippen molar-refractivity contribution >= 4 is 10.1 Å². The van der Waals surface area contributed by atoms with Crippen molar-refractivity contribution in [1.82, 2.24) is 0 Å². The van der Waals surface area contributed by atoms with Gasteiger partial charge < -0.3 is 5.11 Å². The van der Waals surface area contributed by atoms with Crippen LogP contribution in [0.25, 0.3) is 0 Å². The SMILES string of the molecule is CCCCCCCC(CCCCCCCCCCCCC(O)CCC)S(=O)(=O)O. The first kappa shape index (κ1) is 28.9. The highest BCUT2D eigenvalue weighted by atomic mass is 32.2. The van der Waals surface area contributed by atoms with Crippen LogP contribution in [-0.4, -0.2) is 29.4 Å². The zero-order valence-electron chi connectivity index (χ0n) is 19.4. The van der Waals surface area contributed by atoms with Crippen LogP contribution in [0.3, 0.4) is 0 Å². The second-order valence-electron chi connectivity index (χ2n) is 8.90. The number of unbranched alkanes of at least 4 members (excludes halogenated alkanes) is 13. The largest absolute Gasteiger partial charge is 0.393 e. The molecule has 0 amide bonds. The summed E-state index contributed by atoms with van der Waals surface area (Å²) >= 11 is 0. The highest BCUT2D eigenvalue weighted by Gasteiger charge is 2.21. The topological polar surface area (TPSA) is 74.6 Å². The molecule has 176 valence electrons. The van der Waals surface area contributed by atoms with Gasteiger partial charge in [0.05, 0.1) is 11.4 Å². The number of rotatable bonds is 22. The Labute approximate surface area is 182 Å². The first-order valence-electron chi connectivity index (χ1n) is 12.6. The third-order valence-corrected chi connectivity index (χ3v) is 7.30. The van der Waals surface area contributed by atoms with Crippen molar-refractivity contribution in [3.05, 3.63) is 0 Å². The molecule has 2 N–H and O–H groups in total. The van der Waals surface area contributed by atoms with Crippen LogP contribution in [-0.2, 0) is 10.1 Å². The van der Waals surface area contributed by atoms with Gasteiger partial charge in [-0.25, -0.2) is 0 Å². The average molecular weight is 435 g/mol. The fourth-order valence-electron chi connectivity index (χ4n) is 4.06. The van der Waals surface area contributed by atoms with E-state index in [4.69, 9.17) is 0 Å². The fraction of sp³-hybridized carbons (Fsp3) is 1.00. The zero-order chi connectivity index (χ0) is 21.8. The van der Waals surface area contributed by atoms with Crippen LogP contribution in [0.15, 0.2) is 0 Å². The lowest BCUT2D eigenvalue weighted by Gasteiger charge is -2.13. The van der Waals surface area contributed by atoms with Crippen molar-refractivity contribution in [3.8, 4) is 0 Å². The molecule has 4 nitrogen and oxygen atoms in total. The van der Waals surface area contributed by atoms with Crippen molar-refractivity contribution in [1.29, 1.82) is 0 Å². The molecule has 0 aromatic heterocycles. The minimum atomic E-state index is -3.89. The predicted octanol–water partition coefficient (Wildman–Crippen LogP) is 7.45. The molecule has 0 spiro atoms. The molecule has 2 atom stereocenters. The van der Waals surface area contributed by atoms with E-state index in [2.05, 4.69) is 13.8 Å². The minimum Gasteiger partial charge on any atom is -0.393 e. The molecule has 0 radical (unpaired) electrons. The summed E-state index contributed by atoms with van der Waals surface area (Å²) in [5, 5.41) is 9.14. The third-order valence-electron chi connectivity index (χ3n) is 5.99. The van der Waals surface area contributed by atoms with Crippen LogP contribution in [0.5, 0.6) is 0 Å². The first-order chi connectivity index (χ1) is 13.9. The third kappa shape index (κ3) is 19.6. The van der Waals surface area contributed by atoms with Crippen LogP contribution in [0.1, 0.15) is 142 Å². The van der Waals surface area contributed by atoms with Crippen molar-refractivity contribution in [2.24, 2.45) is 0 Å². The number of hydrogen-bond donors (Lipinski definition) is 2. The van der Waals surface area contributed by atoms with Gasteiger partial charge in [-0.2, -0.15) is 8.42 Å². The van der Waals surface area contributed by atoms with E-state index in [-0.39, 0.29) is 6.10 Å². The number of aliphatic hydroxyl groups excluding tert-OH is 1. The van der Waals surface area contributed by atoms with Crippen LogP contribution in [0.2, 0.25) is 0 Å². The monoisotopic (exact) mass is 434 g/mol. The predicted molar refractivity (Wildman–Crippen MR) is 125 cm³/mol. The Morgan fingerprint density at radius 1 is 0.552 bits per heavy atom. The number of aliphatic hydroxyl groups is 1. The summed E-state index contributed by atoms with van der Waals surface area (Å²) < 4.78 is 32.6. The Morgan fingerprint density at radius 3 is 1.31 bits per heavy atom. The summed E-state index contributed by atoms with van der Waals surface area (Å²) in [6.45, 7) is 4.29. The van der Waals surface area contributed by atoms with Gasteiger partial charge in [0.25, 0.3) is 10.1 Å². The summed E-state index contributed by atoms with van der Waals surface area (Å²) in [6, 6.07) is 0. The standard InChI is InChI=1S/C24H50O4S/c1-3-5-6-13-17-21-24(29(26,27)28)22-18-15-12-10-8-7-9-11-14-16-20-23(25)19-4-2/h23-25H,3-22H2,1-2H3,(H,26,27,28). The zero-order valence-corrected chi connectivity index (χ0v) is 20.2. The van der Waals surface area contributed by atoms with E-state index in [9.17, 15) is 18.1 Å². The molecule has 0 aromatic carbocycles. The summed E-state index contributed by atoms with van der Waals surface area (Å²) in [5.41, 5.74) is 0. The molecule has 0 aliphatic rings. The minimum absolute atomic E-state index is 0.0959. The summed E-state index contributed by atoms with van der Waals surface area (Å²) in [4.78, 5) is 0. The smallest absolute Gasteiger partial charge is 0.267 e. The average Bonchev–Trinajstić information content (AvgIpc) is 2.66. The fourth-order valence-corrected chi connectivity index (χ4v) is 4.99. The van der Waals surface area contributed by atoms with Gasteiger partial charge in [-0.15, -0.1) is 0 Å². The summed E-state index contributed by atoms with van der Waals surface area (Å²) in [6.07, 6.45) is 21.4. The molecule has 2 unspecified atom stereocenters. The van der Waals surface area contributed by atoms with Crippen molar-refractivity contribution < 1.29 is 18.1 Å². The highest BCUT2D eigenvalue weighted by molar-refractivity contribution is 7.86. The molecular formula is C24H50O4S. The summed E-state index contributed by atoms with van der Waals surface area (Å²) in [5.74, 6) is 0. The lowest BCUT2D eigenvalue weighted by Crippen LogP contribution is -2.20. The quantitative estimate of drug-likeness (QED) is 0.137. The van der Waals surface area contributed by atoms with Gasteiger partial charge in [0.15, 0.2) is 0 Å². The Kier molecular flexibility index (Phi) is 19.7. The maximum absolute atomic E-state index is 11.6. The van der Waals surface area contributed by atoms with E-state index < -0.39 is 15.4 Å². The molecule has 0 bridgehead atoms. The van der Waals surface area contributed by atoms with Crippen LogP contribution < -0.4 is 0 Å². The maximum atomic E-state index is 11.6. The van der Waals surface area contributed by atoms with E-state index >= 15 is 0 Å². The van der Waals surface area contributed by atoms with Gasteiger partial charge in [0, 0.05) is 0 Å². The van der Waals surface area contributed by atoms with Gasteiger partial charge in [-0.1, -0.05) is 117 Å². The van der Waals surface area contributed by atoms with Gasteiger partial charge >= 0.3 is 0 Å². The first-order valence-corrected chi connectivity index (χ1v) is 14.1. The Balaban J connectivity index is 3.56. The molecule has 5 heteroatoms. The van der Waals surface area contributed by atoms with E-state index in [1.807, 2.05) is 0 Å². The molecule has 0 rings (SSSR count). The number of hydrogen-bond acceptors (Lipinski definition) is 3. The van der Waals surface area contributed by atoms with E-state index in [1.54, 1.807) is 0 Å². The molecule has 0 saturated heterocycles. The van der Waals surface area contributed by atoms with Crippen molar-refractivity contribution in [3.63, 3.8) is 0 Å². The molecule has 29 heavy (non-hydrogen) atoms. The summed E-state index contributed by atoms with van der Waals surface area (Å²) in [7, 11) is -3.89. The van der Waals surface area contributed by atoms with E-state index in [0.717, 1.165) is 64.2 Å². The van der Waals surface area contributed by atoms with E-state index in [0.29, 0.717) is 12.8 Å². The normalized spacial score (nSPS) is 14.2. The second-order valence-corrected chi connectivity index (χ2v) is 10.6. The van der Waals surface area contributed by atoms with Gasteiger partial charge in [0.1, 0.15) is 0 Å². The lowest BCUT2D eigenvalue weighted by atomic mass is 10.0. The van der Waals surface area contributed by atoms with Crippen LogP contribution in [0, 0.1) is 0 Å². The molecule has 0 aliphatic carbocycles. The molecule has 0 aliphatic heterocycles. The van der Waals surface area contributed by atoms with Crippen LogP contribution >= 0.6 is 0 Å². The second kappa shape index (κ2) is 19.8. The van der Waals surface area contributed by atoms with Gasteiger partial charge in [-0.05, 0) is 25.7 Å². The lowest BCUT2D eigenvalue weighted by molar-refractivity contribution is 0.150. The Bertz CT molecular complexity index is 436. The maximum Gasteiger partial charge on any atom is 0.267 e. The Morgan fingerprint density at radius 2 is 0.931 bits per heavy atom. The molecule has 0 heterocycles. The Hall–Kier alpha value is -0.130. The molecule has 0 saturated carbocycles. The van der Waals surface area contributed by atoms with Gasteiger partial charge in [-0.3, -0.25) is 4.55 Å². The van der Waals surface area contributed by atoms with Gasteiger partial charge in [0.2, 0.25) is 0 Å². The van der Waals surface area contributed by atoms with E-state index in [1.165, 1.54) is 51.4 Å². The van der Waals surface area contributed by atoms with Crippen molar-refractivity contribution in [2.75, 3.05) is 0 Å². The molecule has 0 aromatic rings.